The quantitative estimate of drug-likeness (QED) is 0.790. The lowest BCUT2D eigenvalue weighted by Gasteiger charge is -2.07. The first-order valence-electron chi connectivity index (χ1n) is 4.57. The lowest BCUT2D eigenvalue weighted by atomic mass is 10.3. The van der Waals surface area contributed by atoms with E-state index in [1.807, 2.05) is 0 Å². The van der Waals surface area contributed by atoms with Crippen molar-refractivity contribution in [2.45, 2.75) is 0 Å². The summed E-state index contributed by atoms with van der Waals surface area (Å²) in [6.45, 7) is 0. The molecule has 0 radical (unpaired) electrons. The van der Waals surface area contributed by atoms with Crippen LogP contribution in [0.3, 0.4) is 0 Å². The first-order chi connectivity index (χ1) is 8.08. The first kappa shape index (κ1) is 11.2. The van der Waals surface area contributed by atoms with E-state index in [0.717, 1.165) is 12.1 Å². The van der Waals surface area contributed by atoms with Crippen LogP contribution in [0.15, 0.2) is 24.4 Å². The zero-order valence-corrected chi connectivity index (χ0v) is 8.42. The number of rotatable bonds is 2. The van der Waals surface area contributed by atoms with Gasteiger partial charge in [0.2, 0.25) is 5.95 Å². The molecular formula is C10H7F3N4. The second kappa shape index (κ2) is 4.28. The molecule has 0 spiro atoms. The van der Waals surface area contributed by atoms with Crippen molar-refractivity contribution >= 4 is 17.5 Å². The Labute approximate surface area is 94.3 Å². The molecule has 0 saturated heterocycles. The van der Waals surface area contributed by atoms with Gasteiger partial charge in [-0.2, -0.15) is 4.98 Å². The second-order valence-electron chi connectivity index (χ2n) is 3.15. The van der Waals surface area contributed by atoms with Crippen LogP contribution in [-0.2, 0) is 0 Å². The zero-order valence-electron chi connectivity index (χ0n) is 8.42. The smallest absolute Gasteiger partial charge is 0.221 e. The van der Waals surface area contributed by atoms with Gasteiger partial charge in [0.05, 0.1) is 5.69 Å². The van der Waals surface area contributed by atoms with E-state index >= 15 is 0 Å². The molecule has 3 N–H and O–H groups in total. The van der Waals surface area contributed by atoms with Crippen molar-refractivity contribution in [1.29, 1.82) is 0 Å². The van der Waals surface area contributed by atoms with Crippen LogP contribution in [0.4, 0.5) is 30.6 Å². The highest BCUT2D eigenvalue weighted by Crippen LogP contribution is 2.22. The molecule has 0 atom stereocenters. The Hall–Kier alpha value is -2.31. The molecule has 0 unspecified atom stereocenters. The summed E-state index contributed by atoms with van der Waals surface area (Å²) in [5.41, 5.74) is 5.08. The van der Waals surface area contributed by atoms with E-state index in [9.17, 15) is 13.2 Å². The number of nitrogen functional groups attached to an aromatic ring is 1. The average Bonchev–Trinajstić information content (AvgIpc) is 2.30. The number of benzene rings is 1. The normalized spacial score (nSPS) is 10.3. The van der Waals surface area contributed by atoms with Crippen molar-refractivity contribution in [3.8, 4) is 0 Å². The molecule has 88 valence electrons. The predicted molar refractivity (Wildman–Crippen MR) is 56.0 cm³/mol. The van der Waals surface area contributed by atoms with Gasteiger partial charge in [-0.3, -0.25) is 0 Å². The van der Waals surface area contributed by atoms with Gasteiger partial charge in [0.25, 0.3) is 0 Å². The predicted octanol–water partition coefficient (Wildman–Crippen LogP) is 2.22. The van der Waals surface area contributed by atoms with E-state index < -0.39 is 17.5 Å². The maximum absolute atomic E-state index is 13.3. The lowest BCUT2D eigenvalue weighted by Crippen LogP contribution is -2.02. The maximum Gasteiger partial charge on any atom is 0.221 e. The third-order valence-corrected chi connectivity index (χ3v) is 1.97. The molecule has 1 heterocycles. The molecule has 7 heteroatoms. The molecule has 0 amide bonds. The molecule has 2 rings (SSSR count). The summed E-state index contributed by atoms with van der Waals surface area (Å²) in [5, 5.41) is 2.47. The van der Waals surface area contributed by atoms with E-state index in [2.05, 4.69) is 15.3 Å². The van der Waals surface area contributed by atoms with Crippen LogP contribution in [0.1, 0.15) is 0 Å². The van der Waals surface area contributed by atoms with Gasteiger partial charge >= 0.3 is 0 Å². The van der Waals surface area contributed by atoms with Crippen molar-refractivity contribution in [2.24, 2.45) is 0 Å². The molecule has 0 fully saturated rings. The highest BCUT2D eigenvalue weighted by molar-refractivity contribution is 5.57. The summed E-state index contributed by atoms with van der Waals surface area (Å²) >= 11 is 0. The summed E-state index contributed by atoms with van der Waals surface area (Å²) in [4.78, 5) is 7.37. The van der Waals surface area contributed by atoms with E-state index in [1.165, 1.54) is 12.3 Å². The first-order valence-corrected chi connectivity index (χ1v) is 4.57. The Morgan fingerprint density at radius 2 is 1.82 bits per heavy atom. The molecule has 0 bridgehead atoms. The number of halogens is 3. The molecule has 4 nitrogen and oxygen atoms in total. The Kier molecular flexibility index (Phi) is 2.82. The Bertz CT molecular complexity index is 559. The van der Waals surface area contributed by atoms with E-state index in [0.29, 0.717) is 0 Å². The minimum Gasteiger partial charge on any atom is -0.368 e. The number of nitrogens with one attached hydrogen (secondary N) is 1. The van der Waals surface area contributed by atoms with E-state index in [4.69, 9.17) is 5.73 Å². The van der Waals surface area contributed by atoms with Gasteiger partial charge in [-0.25, -0.2) is 18.2 Å². The largest absolute Gasteiger partial charge is 0.368 e. The summed E-state index contributed by atoms with van der Waals surface area (Å²) in [6.07, 6.45) is 1.35. The third kappa shape index (κ3) is 2.27. The number of aromatic nitrogens is 2. The van der Waals surface area contributed by atoms with Gasteiger partial charge in [0.15, 0.2) is 17.5 Å². The fraction of sp³-hybridized carbons (Fsp3) is 0. The number of hydrogen-bond acceptors (Lipinski definition) is 4. The number of nitrogens with two attached hydrogens (primary N) is 1. The maximum atomic E-state index is 13.3. The summed E-state index contributed by atoms with van der Waals surface area (Å²) in [6, 6.07) is 3.29. The Morgan fingerprint density at radius 1 is 1.06 bits per heavy atom. The van der Waals surface area contributed by atoms with Gasteiger partial charge in [-0.1, -0.05) is 0 Å². The summed E-state index contributed by atoms with van der Waals surface area (Å²) in [7, 11) is 0. The number of hydrogen-bond donors (Lipinski definition) is 2. The number of nitrogens with zero attached hydrogens (tertiary/aromatic N) is 2. The van der Waals surface area contributed by atoms with Crippen LogP contribution in [0.5, 0.6) is 0 Å². The molecule has 0 aliphatic rings. The summed E-state index contributed by atoms with van der Waals surface area (Å²) < 4.78 is 38.9. The van der Waals surface area contributed by atoms with Crippen molar-refractivity contribution < 1.29 is 13.2 Å². The Balaban J connectivity index is 2.34. The minimum atomic E-state index is -1.54. The van der Waals surface area contributed by atoms with Gasteiger partial charge in [0, 0.05) is 6.20 Å². The zero-order chi connectivity index (χ0) is 12.4. The second-order valence-corrected chi connectivity index (χ2v) is 3.15. The van der Waals surface area contributed by atoms with Gasteiger partial charge in [0.1, 0.15) is 5.82 Å². The van der Waals surface area contributed by atoms with E-state index in [1.54, 1.807) is 0 Å². The van der Waals surface area contributed by atoms with Crippen LogP contribution in [0.25, 0.3) is 0 Å². The standard InChI is InChI=1S/C10H7F3N4/c11-5-1-2-6(9(13)8(5)12)16-7-3-4-15-10(14)17-7/h1-4H,(H3,14,15,16,17). The topological polar surface area (TPSA) is 63.8 Å². The molecule has 1 aromatic heterocycles. The van der Waals surface area contributed by atoms with Crippen LogP contribution in [0, 0.1) is 17.5 Å². The van der Waals surface area contributed by atoms with Crippen LogP contribution >= 0.6 is 0 Å². The Morgan fingerprint density at radius 3 is 2.53 bits per heavy atom. The van der Waals surface area contributed by atoms with Gasteiger partial charge in [-0.05, 0) is 18.2 Å². The third-order valence-electron chi connectivity index (χ3n) is 1.97. The van der Waals surface area contributed by atoms with E-state index in [-0.39, 0.29) is 17.5 Å². The fourth-order valence-electron chi connectivity index (χ4n) is 1.20. The van der Waals surface area contributed by atoms with Crippen LogP contribution in [-0.4, -0.2) is 9.97 Å². The minimum absolute atomic E-state index is 0.0157. The molecule has 2 aromatic rings. The SMILES string of the molecule is Nc1nccc(Nc2ccc(F)c(F)c2F)n1. The van der Waals surface area contributed by atoms with Crippen molar-refractivity contribution in [2.75, 3.05) is 11.1 Å². The summed E-state index contributed by atoms with van der Waals surface area (Å²) in [5.74, 6) is -3.95. The average molecular weight is 240 g/mol. The van der Waals surface area contributed by atoms with Crippen molar-refractivity contribution in [3.05, 3.63) is 41.8 Å². The van der Waals surface area contributed by atoms with Crippen LogP contribution in [0.2, 0.25) is 0 Å². The van der Waals surface area contributed by atoms with Crippen molar-refractivity contribution in [1.82, 2.24) is 9.97 Å². The van der Waals surface area contributed by atoms with Crippen LogP contribution < -0.4 is 11.1 Å². The van der Waals surface area contributed by atoms with Gasteiger partial charge < -0.3 is 11.1 Å². The molecular weight excluding hydrogens is 233 g/mol. The van der Waals surface area contributed by atoms with Gasteiger partial charge in [-0.15, -0.1) is 0 Å². The number of anilines is 3. The monoisotopic (exact) mass is 240 g/mol. The highest BCUT2D eigenvalue weighted by Gasteiger charge is 2.13. The molecule has 0 aliphatic carbocycles. The highest BCUT2D eigenvalue weighted by atomic mass is 19.2. The lowest BCUT2D eigenvalue weighted by molar-refractivity contribution is 0.449. The molecule has 1 aromatic carbocycles. The van der Waals surface area contributed by atoms with Crippen molar-refractivity contribution in [3.63, 3.8) is 0 Å². The molecule has 0 aliphatic heterocycles. The molecule has 17 heavy (non-hydrogen) atoms. The fourth-order valence-corrected chi connectivity index (χ4v) is 1.20. The molecule has 0 saturated carbocycles.